The second kappa shape index (κ2) is 6.05. The van der Waals surface area contributed by atoms with Gasteiger partial charge in [0.1, 0.15) is 4.88 Å². The molecule has 0 fully saturated rings. The molecule has 0 amide bonds. The summed E-state index contributed by atoms with van der Waals surface area (Å²) in [4.78, 5) is 11.7. The zero-order chi connectivity index (χ0) is 13.1. The predicted molar refractivity (Wildman–Crippen MR) is 80.2 cm³/mol. The molecule has 18 heavy (non-hydrogen) atoms. The summed E-state index contributed by atoms with van der Waals surface area (Å²) in [6.07, 6.45) is 4.73. The SMILES string of the molecule is CCCCCc1ccc2c(Cl)c(C(=O)Cl)sc2c1. The van der Waals surface area contributed by atoms with Crippen molar-refractivity contribution in [1.29, 1.82) is 0 Å². The van der Waals surface area contributed by atoms with E-state index in [0.29, 0.717) is 9.90 Å². The maximum absolute atomic E-state index is 11.2. The third kappa shape index (κ3) is 2.87. The van der Waals surface area contributed by atoms with E-state index in [1.807, 2.05) is 6.07 Å². The van der Waals surface area contributed by atoms with Crippen LogP contribution in [-0.2, 0) is 6.42 Å². The molecule has 1 nitrogen and oxygen atoms in total. The Hall–Kier alpha value is -0.570. The number of carbonyl (C=O) groups excluding carboxylic acids is 1. The van der Waals surface area contributed by atoms with Gasteiger partial charge in [0.25, 0.3) is 5.24 Å². The molecule has 1 heterocycles. The van der Waals surface area contributed by atoms with Crippen LogP contribution in [0.15, 0.2) is 18.2 Å². The fourth-order valence-corrected chi connectivity index (χ4v) is 3.64. The van der Waals surface area contributed by atoms with Gasteiger partial charge in [0.2, 0.25) is 0 Å². The topological polar surface area (TPSA) is 17.1 Å². The highest BCUT2D eigenvalue weighted by Gasteiger charge is 2.15. The molecule has 0 saturated carbocycles. The number of benzene rings is 1. The minimum absolute atomic E-state index is 0.444. The molecule has 0 aliphatic carbocycles. The lowest BCUT2D eigenvalue weighted by molar-refractivity contribution is 0.108. The molecular formula is C14H14Cl2OS. The van der Waals surface area contributed by atoms with Crippen LogP contribution in [-0.4, -0.2) is 5.24 Å². The molecule has 2 rings (SSSR count). The van der Waals surface area contributed by atoms with E-state index < -0.39 is 5.24 Å². The Balaban J connectivity index is 2.31. The highest BCUT2D eigenvalue weighted by molar-refractivity contribution is 7.23. The van der Waals surface area contributed by atoms with Crippen LogP contribution >= 0.6 is 34.5 Å². The van der Waals surface area contributed by atoms with Crippen molar-refractivity contribution >= 4 is 49.9 Å². The van der Waals surface area contributed by atoms with Gasteiger partial charge in [0, 0.05) is 10.1 Å². The van der Waals surface area contributed by atoms with Gasteiger partial charge in [-0.1, -0.05) is 43.5 Å². The number of unbranched alkanes of at least 4 members (excludes halogenated alkanes) is 2. The van der Waals surface area contributed by atoms with Gasteiger partial charge < -0.3 is 0 Å². The van der Waals surface area contributed by atoms with Crippen LogP contribution in [0.4, 0.5) is 0 Å². The second-order valence-electron chi connectivity index (χ2n) is 4.31. The average Bonchev–Trinajstić information content (AvgIpc) is 2.67. The van der Waals surface area contributed by atoms with Crippen LogP contribution in [0.3, 0.4) is 0 Å². The van der Waals surface area contributed by atoms with Crippen molar-refractivity contribution in [3.8, 4) is 0 Å². The number of thiophene rings is 1. The fourth-order valence-electron chi connectivity index (χ4n) is 1.97. The number of hydrogen-bond acceptors (Lipinski definition) is 2. The van der Waals surface area contributed by atoms with E-state index in [1.54, 1.807) is 0 Å². The van der Waals surface area contributed by atoms with E-state index in [2.05, 4.69) is 19.1 Å². The summed E-state index contributed by atoms with van der Waals surface area (Å²) in [6.45, 7) is 2.20. The fraction of sp³-hybridized carbons (Fsp3) is 0.357. The minimum atomic E-state index is -0.478. The lowest BCUT2D eigenvalue weighted by Crippen LogP contribution is -1.84. The van der Waals surface area contributed by atoms with E-state index >= 15 is 0 Å². The number of aryl methyl sites for hydroxylation is 1. The first-order valence-corrected chi connectivity index (χ1v) is 7.61. The van der Waals surface area contributed by atoms with Gasteiger partial charge in [-0.15, -0.1) is 11.3 Å². The molecule has 0 aliphatic heterocycles. The van der Waals surface area contributed by atoms with Crippen molar-refractivity contribution in [3.63, 3.8) is 0 Å². The van der Waals surface area contributed by atoms with Gasteiger partial charge in [0.15, 0.2) is 0 Å². The van der Waals surface area contributed by atoms with E-state index in [1.165, 1.54) is 36.2 Å². The molecule has 1 aromatic carbocycles. The minimum Gasteiger partial charge on any atom is -0.275 e. The van der Waals surface area contributed by atoms with E-state index in [0.717, 1.165) is 16.5 Å². The first-order chi connectivity index (χ1) is 8.63. The lowest BCUT2D eigenvalue weighted by atomic mass is 10.1. The molecule has 0 bridgehead atoms. The Labute approximate surface area is 121 Å². The first-order valence-electron chi connectivity index (χ1n) is 6.04. The maximum Gasteiger partial charge on any atom is 0.263 e. The van der Waals surface area contributed by atoms with Crippen molar-refractivity contribution in [2.75, 3.05) is 0 Å². The van der Waals surface area contributed by atoms with Crippen LogP contribution in [0.1, 0.15) is 41.4 Å². The van der Waals surface area contributed by atoms with E-state index in [-0.39, 0.29) is 0 Å². The Morgan fingerprint density at radius 1 is 1.33 bits per heavy atom. The highest BCUT2D eigenvalue weighted by Crippen LogP contribution is 2.36. The average molecular weight is 301 g/mol. The van der Waals surface area contributed by atoms with Gasteiger partial charge in [-0.05, 0) is 36.1 Å². The number of rotatable bonds is 5. The van der Waals surface area contributed by atoms with E-state index in [4.69, 9.17) is 23.2 Å². The zero-order valence-corrected chi connectivity index (χ0v) is 12.5. The molecular weight excluding hydrogens is 287 g/mol. The summed E-state index contributed by atoms with van der Waals surface area (Å²) in [5, 5.41) is 0.925. The standard InChI is InChI=1S/C14H14Cl2OS/c1-2-3-4-5-9-6-7-10-11(8-9)18-13(12(10)15)14(16)17/h6-8H,2-5H2,1H3. The Bertz CT molecular complexity index is 574. The van der Waals surface area contributed by atoms with Gasteiger partial charge in [-0.25, -0.2) is 0 Å². The molecule has 96 valence electrons. The van der Waals surface area contributed by atoms with Crippen molar-refractivity contribution in [1.82, 2.24) is 0 Å². The van der Waals surface area contributed by atoms with Crippen molar-refractivity contribution in [3.05, 3.63) is 33.7 Å². The third-order valence-corrected chi connectivity index (χ3v) is 4.90. The van der Waals surface area contributed by atoms with Crippen LogP contribution in [0.25, 0.3) is 10.1 Å². The zero-order valence-electron chi connectivity index (χ0n) is 10.1. The number of carbonyl (C=O) groups is 1. The Kier molecular flexibility index (Phi) is 4.66. The summed E-state index contributed by atoms with van der Waals surface area (Å²) in [6, 6.07) is 6.18. The van der Waals surface area contributed by atoms with Gasteiger partial charge in [0.05, 0.1) is 5.02 Å². The molecule has 0 atom stereocenters. The smallest absolute Gasteiger partial charge is 0.263 e. The monoisotopic (exact) mass is 300 g/mol. The summed E-state index contributed by atoms with van der Waals surface area (Å²) < 4.78 is 1.04. The molecule has 0 N–H and O–H groups in total. The number of halogens is 2. The first kappa shape index (κ1) is 13.9. The summed E-state index contributed by atoms with van der Waals surface area (Å²) >= 11 is 13.0. The number of fused-ring (bicyclic) bond motifs is 1. The van der Waals surface area contributed by atoms with Gasteiger partial charge >= 0.3 is 0 Å². The normalized spacial score (nSPS) is 11.1. The predicted octanol–water partition coefficient (Wildman–Crippen LogP) is 5.67. The molecule has 4 heteroatoms. The lowest BCUT2D eigenvalue weighted by Gasteiger charge is -2.00. The van der Waals surface area contributed by atoms with Crippen LogP contribution in [0.2, 0.25) is 5.02 Å². The molecule has 0 spiro atoms. The molecule has 0 radical (unpaired) electrons. The third-order valence-electron chi connectivity index (χ3n) is 2.94. The van der Waals surface area contributed by atoms with Crippen molar-refractivity contribution < 1.29 is 4.79 Å². The Morgan fingerprint density at radius 2 is 2.11 bits per heavy atom. The molecule has 1 aromatic heterocycles. The largest absolute Gasteiger partial charge is 0.275 e. The van der Waals surface area contributed by atoms with Gasteiger partial charge in [-0.3, -0.25) is 4.79 Å². The van der Waals surface area contributed by atoms with Gasteiger partial charge in [-0.2, -0.15) is 0 Å². The number of hydrogen-bond donors (Lipinski definition) is 0. The van der Waals surface area contributed by atoms with Crippen LogP contribution < -0.4 is 0 Å². The van der Waals surface area contributed by atoms with Crippen molar-refractivity contribution in [2.45, 2.75) is 32.6 Å². The van der Waals surface area contributed by atoms with Crippen molar-refractivity contribution in [2.24, 2.45) is 0 Å². The van der Waals surface area contributed by atoms with Crippen LogP contribution in [0.5, 0.6) is 0 Å². The molecule has 0 aliphatic rings. The van der Waals surface area contributed by atoms with Crippen LogP contribution in [0, 0.1) is 0 Å². The maximum atomic E-state index is 11.2. The molecule has 0 saturated heterocycles. The highest BCUT2D eigenvalue weighted by atomic mass is 35.5. The van der Waals surface area contributed by atoms with E-state index in [9.17, 15) is 4.79 Å². The Morgan fingerprint density at radius 3 is 2.78 bits per heavy atom. The quantitative estimate of drug-likeness (QED) is 0.514. The molecule has 0 unspecified atom stereocenters. The second-order valence-corrected chi connectivity index (χ2v) is 6.08. The summed E-state index contributed by atoms with van der Waals surface area (Å²) in [5.41, 5.74) is 1.29. The molecule has 2 aromatic rings. The summed E-state index contributed by atoms with van der Waals surface area (Å²) in [5.74, 6) is 0. The summed E-state index contributed by atoms with van der Waals surface area (Å²) in [7, 11) is 0.